The summed E-state index contributed by atoms with van der Waals surface area (Å²) >= 11 is 0. The van der Waals surface area contributed by atoms with Gasteiger partial charge in [-0.3, -0.25) is 0 Å². The van der Waals surface area contributed by atoms with Gasteiger partial charge in [-0.25, -0.2) is 8.57 Å². The summed E-state index contributed by atoms with van der Waals surface area (Å²) < 4.78 is 21.9. The molecule has 0 radical (unpaired) electrons. The number of nitrogens with zero attached hydrogens (tertiary/aromatic N) is 1. The molecule has 2 aromatic carbocycles. The van der Waals surface area contributed by atoms with E-state index in [0.29, 0.717) is 12.3 Å². The van der Waals surface area contributed by atoms with Crippen LogP contribution < -0.4 is 4.74 Å². The van der Waals surface area contributed by atoms with Crippen molar-refractivity contribution >= 4 is 9.73 Å². The van der Waals surface area contributed by atoms with E-state index in [9.17, 15) is 4.21 Å². The molecule has 106 valence electrons. The van der Waals surface area contributed by atoms with E-state index in [-0.39, 0.29) is 0 Å². The van der Waals surface area contributed by atoms with E-state index in [1.807, 2.05) is 54.6 Å². The summed E-state index contributed by atoms with van der Waals surface area (Å²) in [6, 6.07) is 17.5. The first kappa shape index (κ1) is 14.6. The van der Waals surface area contributed by atoms with E-state index in [4.69, 9.17) is 4.74 Å². The zero-order valence-electron chi connectivity index (χ0n) is 11.8. The Hall–Kier alpha value is -1.81. The van der Waals surface area contributed by atoms with Crippen molar-refractivity contribution in [1.82, 2.24) is 0 Å². The molecule has 20 heavy (non-hydrogen) atoms. The Labute approximate surface area is 120 Å². The summed E-state index contributed by atoms with van der Waals surface area (Å²) in [5.41, 5.74) is 2.09. The Balaban J connectivity index is 2.07. The highest BCUT2D eigenvalue weighted by Gasteiger charge is 2.03. The molecule has 4 heteroatoms. The number of hydrogen-bond donors (Lipinski definition) is 0. The zero-order valence-corrected chi connectivity index (χ0v) is 12.6. The zero-order chi connectivity index (χ0) is 14.4. The summed E-state index contributed by atoms with van der Waals surface area (Å²) in [6.07, 6.45) is 1.71. The first-order valence-electron chi connectivity index (χ1n) is 6.41. The van der Waals surface area contributed by atoms with Crippen molar-refractivity contribution in [2.75, 3.05) is 13.4 Å². The quantitative estimate of drug-likeness (QED) is 0.845. The van der Waals surface area contributed by atoms with Crippen LogP contribution in [0.25, 0.3) is 0 Å². The van der Waals surface area contributed by atoms with E-state index in [1.54, 1.807) is 13.4 Å². The normalized spacial score (nSPS) is 13.5. The molecule has 0 bridgehead atoms. The van der Waals surface area contributed by atoms with Crippen LogP contribution >= 0.6 is 0 Å². The largest absolute Gasteiger partial charge is 0.497 e. The Bertz CT molecular complexity index is 657. The Morgan fingerprint density at radius 2 is 1.65 bits per heavy atom. The van der Waals surface area contributed by atoms with Gasteiger partial charge in [0.1, 0.15) is 5.75 Å². The van der Waals surface area contributed by atoms with Gasteiger partial charge in [0.2, 0.25) is 0 Å². The summed E-state index contributed by atoms with van der Waals surface area (Å²) in [4.78, 5) is 0. The molecule has 0 saturated carbocycles. The molecule has 1 atom stereocenters. The fraction of sp³-hybridized carbons (Fsp3) is 0.250. The lowest BCUT2D eigenvalue weighted by molar-refractivity contribution is 0.414. The third-order valence-corrected chi connectivity index (χ3v) is 4.50. The number of methoxy groups -OCH3 is 1. The maximum Gasteiger partial charge on any atom is 0.118 e. The molecular weight excluding hydrogens is 270 g/mol. The minimum absolute atomic E-state index is 0.464. The van der Waals surface area contributed by atoms with Crippen molar-refractivity contribution in [1.29, 1.82) is 0 Å². The van der Waals surface area contributed by atoms with Crippen LogP contribution in [-0.4, -0.2) is 17.6 Å². The van der Waals surface area contributed by atoms with Gasteiger partial charge in [-0.1, -0.05) is 42.5 Å². The molecule has 3 nitrogen and oxygen atoms in total. The van der Waals surface area contributed by atoms with Crippen LogP contribution in [0.1, 0.15) is 11.1 Å². The van der Waals surface area contributed by atoms with Crippen LogP contribution in [-0.2, 0) is 22.0 Å². The van der Waals surface area contributed by atoms with Gasteiger partial charge < -0.3 is 4.74 Å². The SMILES string of the molecule is COc1ccc(CN=S(C)(=O)Cc2ccccc2)cc1. The standard InChI is InChI=1S/C16H19NO2S/c1-19-16-10-8-14(9-11-16)12-17-20(2,18)13-15-6-4-3-5-7-15/h3-11H,12-13H2,1-2H3. The van der Waals surface area contributed by atoms with Crippen LogP contribution in [0.15, 0.2) is 59.0 Å². The number of benzene rings is 2. The molecule has 2 rings (SSSR count). The minimum atomic E-state index is -2.20. The van der Waals surface area contributed by atoms with Gasteiger partial charge in [0.15, 0.2) is 0 Å². The van der Waals surface area contributed by atoms with Crippen molar-refractivity contribution in [2.24, 2.45) is 4.36 Å². The van der Waals surface area contributed by atoms with Gasteiger partial charge in [0.05, 0.1) is 19.4 Å². The topological polar surface area (TPSA) is 38.7 Å². The molecule has 0 aliphatic heterocycles. The smallest absolute Gasteiger partial charge is 0.118 e. The fourth-order valence-electron chi connectivity index (χ4n) is 1.87. The van der Waals surface area contributed by atoms with E-state index >= 15 is 0 Å². The van der Waals surface area contributed by atoms with E-state index < -0.39 is 9.73 Å². The highest BCUT2D eigenvalue weighted by molar-refractivity contribution is 7.92. The maximum atomic E-state index is 12.5. The predicted molar refractivity (Wildman–Crippen MR) is 83.3 cm³/mol. The molecule has 1 unspecified atom stereocenters. The second-order valence-electron chi connectivity index (χ2n) is 4.72. The lowest BCUT2D eigenvalue weighted by Gasteiger charge is -2.05. The summed E-state index contributed by atoms with van der Waals surface area (Å²) in [5, 5.41) is 0. The van der Waals surface area contributed by atoms with Gasteiger partial charge in [0, 0.05) is 16.0 Å². The van der Waals surface area contributed by atoms with Gasteiger partial charge in [0.25, 0.3) is 0 Å². The van der Waals surface area contributed by atoms with Crippen LogP contribution in [0, 0.1) is 0 Å². The Kier molecular flexibility index (Phi) is 4.79. The van der Waals surface area contributed by atoms with Crippen molar-refractivity contribution in [3.63, 3.8) is 0 Å². The van der Waals surface area contributed by atoms with Gasteiger partial charge in [-0.15, -0.1) is 0 Å². The van der Waals surface area contributed by atoms with Crippen LogP contribution in [0.3, 0.4) is 0 Å². The molecule has 0 aliphatic carbocycles. The highest BCUT2D eigenvalue weighted by atomic mass is 32.2. The average Bonchev–Trinajstić information content (AvgIpc) is 2.46. The molecule has 0 spiro atoms. The van der Waals surface area contributed by atoms with E-state index in [1.165, 1.54) is 0 Å². The lowest BCUT2D eigenvalue weighted by atomic mass is 10.2. The number of hydrogen-bond acceptors (Lipinski definition) is 3. The molecule has 2 aromatic rings. The first-order valence-corrected chi connectivity index (χ1v) is 8.51. The third kappa shape index (κ3) is 4.38. The van der Waals surface area contributed by atoms with Crippen molar-refractivity contribution in [2.45, 2.75) is 12.3 Å². The van der Waals surface area contributed by atoms with Crippen LogP contribution in [0.4, 0.5) is 0 Å². The fourth-order valence-corrected chi connectivity index (χ4v) is 3.20. The first-order chi connectivity index (χ1) is 9.59. The van der Waals surface area contributed by atoms with Crippen molar-refractivity contribution in [3.05, 3.63) is 65.7 Å². The molecule has 0 N–H and O–H groups in total. The monoisotopic (exact) mass is 289 g/mol. The second-order valence-corrected chi connectivity index (χ2v) is 7.19. The van der Waals surface area contributed by atoms with Crippen LogP contribution in [0.5, 0.6) is 5.75 Å². The third-order valence-electron chi connectivity index (χ3n) is 2.96. The van der Waals surface area contributed by atoms with Crippen molar-refractivity contribution < 1.29 is 8.95 Å². The van der Waals surface area contributed by atoms with Crippen LogP contribution in [0.2, 0.25) is 0 Å². The molecule has 0 aliphatic rings. The predicted octanol–water partition coefficient (Wildman–Crippen LogP) is 3.49. The molecule has 0 amide bonds. The maximum absolute atomic E-state index is 12.5. The minimum Gasteiger partial charge on any atom is -0.497 e. The van der Waals surface area contributed by atoms with Gasteiger partial charge in [-0.2, -0.15) is 0 Å². The average molecular weight is 289 g/mol. The number of rotatable bonds is 5. The highest BCUT2D eigenvalue weighted by Crippen LogP contribution is 2.13. The summed E-state index contributed by atoms with van der Waals surface area (Å²) in [6.45, 7) is 0.464. The molecule has 0 aromatic heterocycles. The van der Waals surface area contributed by atoms with Gasteiger partial charge in [-0.05, 0) is 23.3 Å². The van der Waals surface area contributed by atoms with E-state index in [2.05, 4.69) is 4.36 Å². The molecule has 0 heterocycles. The second kappa shape index (κ2) is 6.57. The number of ether oxygens (including phenoxy) is 1. The molecule has 0 fully saturated rings. The van der Waals surface area contributed by atoms with Gasteiger partial charge >= 0.3 is 0 Å². The summed E-state index contributed by atoms with van der Waals surface area (Å²) in [7, 11) is -0.568. The summed E-state index contributed by atoms with van der Waals surface area (Å²) in [5.74, 6) is 1.31. The molecular formula is C16H19NO2S. The Morgan fingerprint density at radius 1 is 1.00 bits per heavy atom. The lowest BCUT2D eigenvalue weighted by Crippen LogP contribution is -2.01. The van der Waals surface area contributed by atoms with Crippen molar-refractivity contribution in [3.8, 4) is 5.75 Å². The molecule has 0 saturated heterocycles. The van der Waals surface area contributed by atoms with E-state index in [0.717, 1.165) is 16.9 Å². The Morgan fingerprint density at radius 3 is 2.25 bits per heavy atom.